The third kappa shape index (κ3) is 4.48. The molecule has 5 aromatic rings. The number of pyridine rings is 1. The molecule has 0 unspecified atom stereocenters. The Bertz CT molecular complexity index is 1380. The summed E-state index contributed by atoms with van der Waals surface area (Å²) in [5.74, 6) is 0.705. The van der Waals surface area contributed by atoms with Gasteiger partial charge in [0.05, 0.1) is 23.1 Å². The highest BCUT2D eigenvalue weighted by molar-refractivity contribution is 7.08. The van der Waals surface area contributed by atoms with Crippen molar-refractivity contribution < 1.29 is 13.2 Å². The largest absolute Gasteiger partial charge is 0.416 e. The van der Waals surface area contributed by atoms with E-state index in [-0.39, 0.29) is 6.54 Å². The van der Waals surface area contributed by atoms with Crippen LogP contribution in [0.3, 0.4) is 0 Å². The van der Waals surface area contributed by atoms with Gasteiger partial charge in [-0.2, -0.15) is 34.5 Å². The van der Waals surface area contributed by atoms with Crippen molar-refractivity contribution in [2.75, 3.05) is 10.6 Å². The average molecular weight is 467 g/mol. The van der Waals surface area contributed by atoms with Crippen LogP contribution in [0.2, 0.25) is 0 Å². The summed E-state index contributed by atoms with van der Waals surface area (Å²) in [5, 5.41) is 10.1. The van der Waals surface area contributed by atoms with Gasteiger partial charge in [-0.05, 0) is 41.3 Å². The van der Waals surface area contributed by atoms with Crippen LogP contribution in [0.15, 0.2) is 71.9 Å². The molecular weight excluding hydrogens is 451 g/mol. The van der Waals surface area contributed by atoms with Crippen LogP contribution in [-0.2, 0) is 12.7 Å². The lowest BCUT2D eigenvalue weighted by atomic mass is 10.1. The van der Waals surface area contributed by atoms with Crippen LogP contribution in [0.4, 0.5) is 30.6 Å². The minimum absolute atomic E-state index is 0.133. The number of benzene rings is 1. The van der Waals surface area contributed by atoms with Crippen molar-refractivity contribution in [3.05, 3.63) is 83.1 Å². The lowest BCUT2D eigenvalue weighted by Crippen LogP contribution is -2.09. The highest BCUT2D eigenvalue weighted by atomic mass is 32.1. The number of fused-ring (bicyclic) bond motifs is 1. The van der Waals surface area contributed by atoms with Crippen molar-refractivity contribution in [2.24, 2.45) is 0 Å². The van der Waals surface area contributed by atoms with E-state index in [1.54, 1.807) is 42.2 Å². The Hall–Kier alpha value is -3.99. The fraction of sp³-hybridized carbons (Fsp3) is 0.0909. The number of hydrogen-bond donors (Lipinski definition) is 2. The summed E-state index contributed by atoms with van der Waals surface area (Å²) in [6.07, 6.45) is 0.533. The molecule has 0 saturated heterocycles. The Morgan fingerprint density at radius 1 is 1.06 bits per heavy atom. The van der Waals surface area contributed by atoms with Gasteiger partial charge in [0.2, 0.25) is 5.95 Å². The van der Waals surface area contributed by atoms with Crippen LogP contribution >= 0.6 is 11.3 Å². The van der Waals surface area contributed by atoms with E-state index in [0.717, 1.165) is 17.8 Å². The minimum Gasteiger partial charge on any atom is -0.364 e. The first-order chi connectivity index (χ1) is 16.0. The van der Waals surface area contributed by atoms with Crippen molar-refractivity contribution in [3.8, 4) is 5.69 Å². The van der Waals surface area contributed by atoms with Crippen LogP contribution in [0.1, 0.15) is 11.1 Å². The standard InChI is InChI=1S/C22H16F3N7S/c23-22(24,25)15-4-1-3-14(9-15)10-27-19-18-20(32(13-28-18)17-6-8-33-12-17)31-21(30-19)29-16-5-2-7-26-11-16/h1-9,11-13H,10H2,(H2,27,29,30,31). The van der Waals surface area contributed by atoms with E-state index in [4.69, 9.17) is 0 Å². The van der Waals surface area contributed by atoms with Crippen molar-refractivity contribution in [2.45, 2.75) is 12.7 Å². The van der Waals surface area contributed by atoms with Crippen molar-refractivity contribution >= 4 is 40.0 Å². The molecule has 1 aromatic carbocycles. The van der Waals surface area contributed by atoms with Gasteiger partial charge in [-0.25, -0.2) is 4.98 Å². The Balaban J connectivity index is 1.51. The maximum atomic E-state index is 13.1. The van der Waals surface area contributed by atoms with Crippen LogP contribution < -0.4 is 10.6 Å². The zero-order valence-corrected chi connectivity index (χ0v) is 17.7. The van der Waals surface area contributed by atoms with Gasteiger partial charge in [-0.15, -0.1) is 0 Å². The van der Waals surface area contributed by atoms with Crippen molar-refractivity contribution in [1.29, 1.82) is 0 Å². The predicted molar refractivity (Wildman–Crippen MR) is 121 cm³/mol. The van der Waals surface area contributed by atoms with Gasteiger partial charge in [-0.3, -0.25) is 9.55 Å². The second-order valence-electron chi connectivity index (χ2n) is 7.08. The summed E-state index contributed by atoms with van der Waals surface area (Å²) in [6.45, 7) is 0.133. The molecule has 7 nitrogen and oxygen atoms in total. The molecular formula is C22H16F3N7S. The lowest BCUT2D eigenvalue weighted by Gasteiger charge is -2.12. The van der Waals surface area contributed by atoms with E-state index in [0.29, 0.717) is 34.2 Å². The predicted octanol–water partition coefficient (Wildman–Crippen LogP) is 5.65. The first-order valence-corrected chi connectivity index (χ1v) is 10.8. The summed E-state index contributed by atoms with van der Waals surface area (Å²) >= 11 is 1.54. The van der Waals surface area contributed by atoms with E-state index in [1.807, 2.05) is 27.5 Å². The van der Waals surface area contributed by atoms with Crippen molar-refractivity contribution in [1.82, 2.24) is 24.5 Å². The first-order valence-electron chi connectivity index (χ1n) is 9.82. The molecule has 2 N–H and O–H groups in total. The molecule has 0 aliphatic heterocycles. The maximum Gasteiger partial charge on any atom is 0.416 e. The normalized spacial score (nSPS) is 11.6. The summed E-state index contributed by atoms with van der Waals surface area (Å²) < 4.78 is 41.0. The molecule has 0 saturated carbocycles. The number of halogens is 3. The lowest BCUT2D eigenvalue weighted by molar-refractivity contribution is -0.137. The van der Waals surface area contributed by atoms with Crippen molar-refractivity contribution in [3.63, 3.8) is 0 Å². The van der Waals surface area contributed by atoms with Gasteiger partial charge in [0.15, 0.2) is 17.0 Å². The fourth-order valence-corrected chi connectivity index (χ4v) is 3.90. The van der Waals surface area contributed by atoms with E-state index in [1.165, 1.54) is 6.07 Å². The van der Waals surface area contributed by atoms with Crippen LogP contribution in [0.5, 0.6) is 0 Å². The molecule has 0 bridgehead atoms. The zero-order chi connectivity index (χ0) is 22.8. The molecule has 4 aromatic heterocycles. The van der Waals surface area contributed by atoms with Gasteiger partial charge < -0.3 is 10.6 Å². The molecule has 0 aliphatic rings. The summed E-state index contributed by atoms with van der Waals surface area (Å²) in [4.78, 5) is 17.7. The molecule has 0 aliphatic carbocycles. The highest BCUT2D eigenvalue weighted by Gasteiger charge is 2.30. The number of aromatic nitrogens is 5. The van der Waals surface area contributed by atoms with E-state index in [9.17, 15) is 13.2 Å². The van der Waals surface area contributed by atoms with E-state index in [2.05, 4.69) is 30.6 Å². The molecule has 11 heteroatoms. The topological polar surface area (TPSA) is 80.6 Å². The van der Waals surface area contributed by atoms with Gasteiger partial charge in [0.1, 0.15) is 6.33 Å². The maximum absolute atomic E-state index is 13.1. The number of thiophene rings is 1. The van der Waals surface area contributed by atoms with Crippen LogP contribution in [0, 0.1) is 0 Å². The number of anilines is 3. The molecule has 0 amide bonds. The molecule has 0 radical (unpaired) electrons. The second-order valence-corrected chi connectivity index (χ2v) is 7.86. The molecule has 0 atom stereocenters. The molecule has 5 rings (SSSR count). The van der Waals surface area contributed by atoms with Gasteiger partial charge in [0.25, 0.3) is 0 Å². The summed E-state index contributed by atoms with van der Waals surface area (Å²) in [7, 11) is 0. The number of imidazole rings is 1. The van der Waals surface area contributed by atoms with Gasteiger partial charge in [0, 0.05) is 18.1 Å². The number of hydrogen-bond acceptors (Lipinski definition) is 7. The number of nitrogens with one attached hydrogen (secondary N) is 2. The number of alkyl halides is 3. The first kappa shape index (κ1) is 20.9. The third-order valence-electron chi connectivity index (χ3n) is 4.81. The van der Waals surface area contributed by atoms with E-state index < -0.39 is 11.7 Å². The molecule has 166 valence electrons. The Kier molecular flexibility index (Phi) is 5.38. The molecule has 4 heterocycles. The molecule has 0 spiro atoms. The smallest absolute Gasteiger partial charge is 0.364 e. The minimum atomic E-state index is -4.40. The Morgan fingerprint density at radius 2 is 1.97 bits per heavy atom. The quantitative estimate of drug-likeness (QED) is 0.336. The monoisotopic (exact) mass is 467 g/mol. The molecule has 0 fully saturated rings. The number of nitrogens with zero attached hydrogens (tertiary/aromatic N) is 5. The Morgan fingerprint density at radius 3 is 2.73 bits per heavy atom. The number of rotatable bonds is 6. The Labute approximate surface area is 190 Å². The fourth-order valence-electron chi connectivity index (χ4n) is 3.27. The van der Waals surface area contributed by atoms with E-state index >= 15 is 0 Å². The van der Waals surface area contributed by atoms with Gasteiger partial charge in [-0.1, -0.05) is 12.1 Å². The summed E-state index contributed by atoms with van der Waals surface area (Å²) in [5.41, 5.74) is 2.43. The van der Waals surface area contributed by atoms with Crippen LogP contribution in [-0.4, -0.2) is 24.5 Å². The zero-order valence-electron chi connectivity index (χ0n) is 16.9. The summed E-state index contributed by atoms with van der Waals surface area (Å²) in [6, 6.07) is 10.7. The van der Waals surface area contributed by atoms with Gasteiger partial charge >= 0.3 is 6.18 Å². The average Bonchev–Trinajstić information content (AvgIpc) is 3.48. The van der Waals surface area contributed by atoms with Crippen LogP contribution in [0.25, 0.3) is 16.9 Å². The second kappa shape index (κ2) is 8.51. The highest BCUT2D eigenvalue weighted by Crippen LogP contribution is 2.30. The molecule has 33 heavy (non-hydrogen) atoms. The third-order valence-corrected chi connectivity index (χ3v) is 5.48. The SMILES string of the molecule is FC(F)(F)c1cccc(CNc2nc(Nc3cccnc3)nc3c2ncn3-c2ccsc2)c1.